The Hall–Kier alpha value is -1.87. The van der Waals surface area contributed by atoms with E-state index >= 15 is 0 Å². The first kappa shape index (κ1) is 12.2. The Morgan fingerprint density at radius 3 is 2.74 bits per heavy atom. The lowest BCUT2D eigenvalue weighted by molar-refractivity contribution is 0.0640. The minimum absolute atomic E-state index is 0.0801. The fourth-order valence-electron chi connectivity index (χ4n) is 2.29. The number of H-pyrrole nitrogens is 1. The number of hydrogen-bond donors (Lipinski definition) is 1. The van der Waals surface area contributed by atoms with E-state index in [1.165, 1.54) is 0 Å². The van der Waals surface area contributed by atoms with Gasteiger partial charge in [0.15, 0.2) is 0 Å². The molecular formula is C13H17N5O. The van der Waals surface area contributed by atoms with Crippen molar-refractivity contribution in [2.75, 3.05) is 32.7 Å². The Morgan fingerprint density at radius 2 is 2.11 bits per heavy atom. The summed E-state index contributed by atoms with van der Waals surface area (Å²) in [6.45, 7) is 3.65. The molecule has 19 heavy (non-hydrogen) atoms. The van der Waals surface area contributed by atoms with E-state index in [1.54, 1.807) is 4.90 Å². The highest BCUT2D eigenvalue weighted by Crippen LogP contribution is 2.37. The van der Waals surface area contributed by atoms with Gasteiger partial charge in [0.2, 0.25) is 5.82 Å². The van der Waals surface area contributed by atoms with Crippen LogP contribution in [0.4, 0.5) is 0 Å². The Bertz CT molecular complexity index is 505. The lowest BCUT2D eigenvalue weighted by Gasteiger charge is -2.32. The van der Waals surface area contributed by atoms with Crippen molar-refractivity contribution in [1.29, 1.82) is 0 Å². The van der Waals surface area contributed by atoms with Crippen molar-refractivity contribution < 1.29 is 4.79 Å². The summed E-state index contributed by atoms with van der Waals surface area (Å²) in [5.74, 6) is 4.19. The smallest absolute Gasteiger partial charge is 0.293 e. The molecule has 1 N–H and O–H groups in total. The van der Waals surface area contributed by atoms with E-state index < -0.39 is 0 Å². The molecule has 6 nitrogen and oxygen atoms in total. The predicted molar refractivity (Wildman–Crippen MR) is 69.5 cm³/mol. The number of amides is 1. The maximum absolute atomic E-state index is 12.2. The average Bonchev–Trinajstić information content (AvgIpc) is 3.17. The Balaban J connectivity index is 1.59. The summed E-state index contributed by atoms with van der Waals surface area (Å²) in [4.78, 5) is 20.5. The quantitative estimate of drug-likeness (QED) is 0.780. The molecule has 1 amide bonds. The highest BCUT2D eigenvalue weighted by Gasteiger charge is 2.30. The second-order valence-electron chi connectivity index (χ2n) is 5.09. The zero-order valence-corrected chi connectivity index (χ0v) is 10.8. The normalized spacial score (nSPS) is 20.3. The summed E-state index contributed by atoms with van der Waals surface area (Å²) in [7, 11) is 0. The number of aromatic nitrogens is 3. The standard InChI is InChI=1S/C13H17N5O/c1-2-5-17-6-8-18(9-7-17)13(19)12-14-11(15-16-12)10-3-4-10/h1,10H,3-9H2,(H,14,15,16). The first-order chi connectivity index (χ1) is 9.28. The number of aromatic amines is 1. The minimum Gasteiger partial charge on any atom is -0.333 e. The Labute approximate surface area is 112 Å². The summed E-state index contributed by atoms with van der Waals surface area (Å²) in [6, 6.07) is 0. The van der Waals surface area contributed by atoms with Crippen LogP contribution in [0.1, 0.15) is 35.2 Å². The Morgan fingerprint density at radius 1 is 1.37 bits per heavy atom. The Kier molecular flexibility index (Phi) is 3.22. The third-order valence-corrected chi connectivity index (χ3v) is 3.63. The summed E-state index contributed by atoms with van der Waals surface area (Å²) in [5, 5.41) is 6.91. The zero-order chi connectivity index (χ0) is 13.2. The molecule has 1 aromatic rings. The van der Waals surface area contributed by atoms with Crippen molar-refractivity contribution in [2.24, 2.45) is 0 Å². The van der Waals surface area contributed by atoms with Gasteiger partial charge in [-0.2, -0.15) is 0 Å². The van der Waals surface area contributed by atoms with Crippen molar-refractivity contribution in [3.8, 4) is 12.3 Å². The summed E-state index contributed by atoms with van der Waals surface area (Å²) >= 11 is 0. The van der Waals surface area contributed by atoms with Crippen molar-refractivity contribution >= 4 is 5.91 Å². The molecule has 0 bridgehead atoms. The number of hydrogen-bond acceptors (Lipinski definition) is 4. The summed E-state index contributed by atoms with van der Waals surface area (Å²) in [5.41, 5.74) is 0. The molecule has 3 rings (SSSR count). The fourth-order valence-corrected chi connectivity index (χ4v) is 2.29. The van der Waals surface area contributed by atoms with Crippen LogP contribution in [0, 0.1) is 12.3 Å². The number of carbonyl (C=O) groups is 1. The second-order valence-corrected chi connectivity index (χ2v) is 5.09. The summed E-state index contributed by atoms with van der Waals surface area (Å²) < 4.78 is 0. The van der Waals surface area contributed by atoms with Crippen LogP contribution in [0.2, 0.25) is 0 Å². The molecule has 1 aliphatic carbocycles. The van der Waals surface area contributed by atoms with Crippen molar-refractivity contribution in [3.63, 3.8) is 0 Å². The second kappa shape index (κ2) is 5.02. The maximum Gasteiger partial charge on any atom is 0.293 e. The minimum atomic E-state index is -0.0801. The zero-order valence-electron chi connectivity index (χ0n) is 10.8. The molecule has 0 unspecified atom stereocenters. The third-order valence-electron chi connectivity index (χ3n) is 3.63. The molecular weight excluding hydrogens is 242 g/mol. The molecule has 1 aliphatic heterocycles. The molecule has 0 atom stereocenters. The molecule has 6 heteroatoms. The van der Waals surface area contributed by atoms with E-state index in [-0.39, 0.29) is 5.91 Å². The number of terminal acetylenes is 1. The maximum atomic E-state index is 12.2. The van der Waals surface area contributed by atoms with Crippen molar-refractivity contribution in [2.45, 2.75) is 18.8 Å². The topological polar surface area (TPSA) is 65.1 Å². The first-order valence-electron chi connectivity index (χ1n) is 6.65. The predicted octanol–water partition coefficient (Wildman–Crippen LogP) is 0.0731. The van der Waals surface area contributed by atoms with Gasteiger partial charge in [-0.15, -0.1) is 11.5 Å². The van der Waals surface area contributed by atoms with E-state index in [0.717, 1.165) is 31.8 Å². The van der Waals surface area contributed by atoms with Crippen LogP contribution < -0.4 is 0 Å². The van der Waals surface area contributed by atoms with Crippen LogP contribution in [-0.4, -0.2) is 63.6 Å². The number of nitrogens with zero attached hydrogens (tertiary/aromatic N) is 4. The number of rotatable bonds is 3. The fraction of sp³-hybridized carbons (Fsp3) is 0.615. The first-order valence-corrected chi connectivity index (χ1v) is 6.65. The van der Waals surface area contributed by atoms with E-state index in [1.807, 2.05) is 0 Å². The highest BCUT2D eigenvalue weighted by atomic mass is 16.2. The third kappa shape index (κ3) is 2.61. The van der Waals surface area contributed by atoms with E-state index in [4.69, 9.17) is 6.42 Å². The lowest BCUT2D eigenvalue weighted by Crippen LogP contribution is -2.48. The highest BCUT2D eigenvalue weighted by molar-refractivity contribution is 5.90. The van der Waals surface area contributed by atoms with Gasteiger partial charge in [-0.25, -0.2) is 4.98 Å². The molecule has 1 aromatic heterocycles. The van der Waals surface area contributed by atoms with Crippen molar-refractivity contribution in [1.82, 2.24) is 25.0 Å². The van der Waals surface area contributed by atoms with Crippen LogP contribution in [0.25, 0.3) is 0 Å². The van der Waals surface area contributed by atoms with E-state index in [0.29, 0.717) is 31.4 Å². The van der Waals surface area contributed by atoms with Crippen LogP contribution in [-0.2, 0) is 0 Å². The number of piperazine rings is 1. The average molecular weight is 259 g/mol. The molecule has 2 fully saturated rings. The van der Waals surface area contributed by atoms with Gasteiger partial charge in [0.05, 0.1) is 6.54 Å². The van der Waals surface area contributed by atoms with Gasteiger partial charge < -0.3 is 4.90 Å². The van der Waals surface area contributed by atoms with Gasteiger partial charge >= 0.3 is 0 Å². The number of carbonyl (C=O) groups excluding carboxylic acids is 1. The van der Waals surface area contributed by atoms with Crippen LogP contribution in [0.5, 0.6) is 0 Å². The van der Waals surface area contributed by atoms with Crippen LogP contribution >= 0.6 is 0 Å². The van der Waals surface area contributed by atoms with Crippen molar-refractivity contribution in [3.05, 3.63) is 11.6 Å². The van der Waals surface area contributed by atoms with Gasteiger partial charge in [-0.05, 0) is 12.8 Å². The summed E-state index contributed by atoms with van der Waals surface area (Å²) in [6.07, 6.45) is 7.58. The van der Waals surface area contributed by atoms with Gasteiger partial charge in [0, 0.05) is 32.1 Å². The molecule has 1 saturated carbocycles. The monoisotopic (exact) mass is 259 g/mol. The lowest BCUT2D eigenvalue weighted by atomic mass is 10.3. The van der Waals surface area contributed by atoms with Gasteiger partial charge in [0.1, 0.15) is 5.82 Å². The molecule has 0 spiro atoms. The SMILES string of the molecule is C#CCN1CCN(C(=O)c2n[nH]c(C3CC3)n2)CC1. The largest absolute Gasteiger partial charge is 0.333 e. The molecule has 0 aromatic carbocycles. The van der Waals surface area contributed by atoms with E-state index in [9.17, 15) is 4.79 Å². The molecule has 0 radical (unpaired) electrons. The molecule has 1 saturated heterocycles. The molecule has 2 aliphatic rings. The molecule has 100 valence electrons. The van der Waals surface area contributed by atoms with Crippen LogP contribution in [0.3, 0.4) is 0 Å². The van der Waals surface area contributed by atoms with Crippen LogP contribution in [0.15, 0.2) is 0 Å². The van der Waals surface area contributed by atoms with Gasteiger partial charge in [0.25, 0.3) is 5.91 Å². The van der Waals surface area contributed by atoms with E-state index in [2.05, 4.69) is 26.0 Å². The number of nitrogens with one attached hydrogen (secondary N) is 1. The molecule has 2 heterocycles. The van der Waals surface area contributed by atoms with Gasteiger partial charge in [-0.1, -0.05) is 5.92 Å². The van der Waals surface area contributed by atoms with Gasteiger partial charge in [-0.3, -0.25) is 14.8 Å².